The molecule has 0 spiro atoms. The van der Waals surface area contributed by atoms with Crippen molar-refractivity contribution in [3.05, 3.63) is 53.6 Å². The quantitative estimate of drug-likeness (QED) is 0.857. The summed E-state index contributed by atoms with van der Waals surface area (Å²) in [5.74, 6) is 0.932. The molecule has 2 rings (SSSR count). The Morgan fingerprint density at radius 2 is 1.95 bits per heavy atom. The normalized spacial score (nSPS) is 12.2. The van der Waals surface area contributed by atoms with E-state index in [1.54, 1.807) is 7.11 Å². The van der Waals surface area contributed by atoms with Crippen LogP contribution in [-0.4, -0.2) is 20.2 Å². The largest absolute Gasteiger partial charge is 0.496 e. The summed E-state index contributed by atoms with van der Waals surface area (Å²) in [7, 11) is 3.74. The SMILES string of the molecule is CNC(C)CCc1cccc(-c2cc(C)ccc2OC)c1. The Morgan fingerprint density at radius 3 is 2.67 bits per heavy atom. The molecule has 1 atom stereocenters. The molecule has 0 aromatic heterocycles. The molecular formula is C19H25NO. The molecule has 0 aliphatic rings. The predicted molar refractivity (Wildman–Crippen MR) is 90.0 cm³/mol. The number of aryl methyl sites for hydroxylation is 2. The van der Waals surface area contributed by atoms with Gasteiger partial charge in [0.15, 0.2) is 0 Å². The van der Waals surface area contributed by atoms with E-state index in [9.17, 15) is 0 Å². The number of benzene rings is 2. The standard InChI is InChI=1S/C19H25NO/c1-14-8-11-19(21-4)18(12-14)17-7-5-6-16(13-17)10-9-15(2)20-3/h5-8,11-13,15,20H,9-10H2,1-4H3. The highest BCUT2D eigenvalue weighted by Crippen LogP contribution is 2.31. The summed E-state index contributed by atoms with van der Waals surface area (Å²) in [6.45, 7) is 4.33. The first-order valence-electron chi connectivity index (χ1n) is 7.55. The second-order valence-electron chi connectivity index (χ2n) is 5.63. The molecule has 0 fully saturated rings. The van der Waals surface area contributed by atoms with Gasteiger partial charge in [-0.25, -0.2) is 0 Å². The van der Waals surface area contributed by atoms with Gasteiger partial charge in [0.1, 0.15) is 5.75 Å². The van der Waals surface area contributed by atoms with Crippen molar-refractivity contribution in [2.45, 2.75) is 32.7 Å². The molecule has 2 aromatic carbocycles. The fourth-order valence-electron chi connectivity index (χ4n) is 2.47. The summed E-state index contributed by atoms with van der Waals surface area (Å²) in [4.78, 5) is 0. The highest BCUT2D eigenvalue weighted by Gasteiger charge is 2.07. The van der Waals surface area contributed by atoms with Gasteiger partial charge in [0.25, 0.3) is 0 Å². The van der Waals surface area contributed by atoms with E-state index < -0.39 is 0 Å². The van der Waals surface area contributed by atoms with E-state index >= 15 is 0 Å². The van der Waals surface area contributed by atoms with Crippen LogP contribution in [0.1, 0.15) is 24.5 Å². The van der Waals surface area contributed by atoms with Gasteiger partial charge in [0, 0.05) is 11.6 Å². The maximum absolute atomic E-state index is 5.50. The van der Waals surface area contributed by atoms with Gasteiger partial charge in [-0.3, -0.25) is 0 Å². The third-order valence-electron chi connectivity index (χ3n) is 3.95. The lowest BCUT2D eigenvalue weighted by Crippen LogP contribution is -2.21. The Balaban J connectivity index is 2.26. The van der Waals surface area contributed by atoms with Crippen LogP contribution >= 0.6 is 0 Å². The van der Waals surface area contributed by atoms with E-state index in [4.69, 9.17) is 4.74 Å². The van der Waals surface area contributed by atoms with Crippen LogP contribution in [0.15, 0.2) is 42.5 Å². The summed E-state index contributed by atoms with van der Waals surface area (Å²) in [6, 6.07) is 15.6. The summed E-state index contributed by atoms with van der Waals surface area (Å²) in [5.41, 5.74) is 5.02. The van der Waals surface area contributed by atoms with E-state index in [1.165, 1.54) is 22.3 Å². The molecule has 112 valence electrons. The zero-order valence-corrected chi connectivity index (χ0v) is 13.4. The van der Waals surface area contributed by atoms with Gasteiger partial charge in [0.05, 0.1) is 7.11 Å². The number of methoxy groups -OCH3 is 1. The molecule has 0 heterocycles. The first kappa shape index (κ1) is 15.6. The summed E-state index contributed by atoms with van der Waals surface area (Å²) in [5, 5.41) is 3.29. The Morgan fingerprint density at radius 1 is 1.14 bits per heavy atom. The number of hydrogen-bond donors (Lipinski definition) is 1. The highest BCUT2D eigenvalue weighted by molar-refractivity contribution is 5.71. The predicted octanol–water partition coefficient (Wildman–Crippen LogP) is 4.21. The maximum atomic E-state index is 5.50. The van der Waals surface area contributed by atoms with E-state index in [0.29, 0.717) is 6.04 Å². The molecule has 2 nitrogen and oxygen atoms in total. The van der Waals surface area contributed by atoms with Crippen LogP contribution in [0.3, 0.4) is 0 Å². The molecule has 2 heteroatoms. The molecule has 2 aromatic rings. The molecule has 1 N–H and O–H groups in total. The van der Waals surface area contributed by atoms with Crippen LogP contribution in [0.4, 0.5) is 0 Å². The lowest BCUT2D eigenvalue weighted by atomic mass is 9.98. The Kier molecular flexibility index (Phi) is 5.40. The smallest absolute Gasteiger partial charge is 0.126 e. The van der Waals surface area contributed by atoms with E-state index in [1.807, 2.05) is 13.1 Å². The topological polar surface area (TPSA) is 21.3 Å². The van der Waals surface area contributed by atoms with Crippen LogP contribution in [0.25, 0.3) is 11.1 Å². The first-order chi connectivity index (χ1) is 10.1. The molecule has 0 radical (unpaired) electrons. The fraction of sp³-hybridized carbons (Fsp3) is 0.368. The van der Waals surface area contributed by atoms with Crippen molar-refractivity contribution in [2.75, 3.05) is 14.2 Å². The number of hydrogen-bond acceptors (Lipinski definition) is 2. The van der Waals surface area contributed by atoms with Gasteiger partial charge in [-0.05, 0) is 57.0 Å². The summed E-state index contributed by atoms with van der Waals surface area (Å²) in [6.07, 6.45) is 2.23. The summed E-state index contributed by atoms with van der Waals surface area (Å²) < 4.78 is 5.50. The lowest BCUT2D eigenvalue weighted by molar-refractivity contribution is 0.416. The Labute approximate surface area is 128 Å². The van der Waals surface area contributed by atoms with Crippen molar-refractivity contribution in [3.8, 4) is 16.9 Å². The minimum Gasteiger partial charge on any atom is -0.496 e. The van der Waals surface area contributed by atoms with Crippen LogP contribution in [0.2, 0.25) is 0 Å². The van der Waals surface area contributed by atoms with Crippen molar-refractivity contribution in [3.63, 3.8) is 0 Å². The molecule has 0 saturated carbocycles. The minimum absolute atomic E-state index is 0.544. The minimum atomic E-state index is 0.544. The van der Waals surface area contributed by atoms with Gasteiger partial charge in [-0.2, -0.15) is 0 Å². The lowest BCUT2D eigenvalue weighted by Gasteiger charge is -2.12. The average Bonchev–Trinajstić information content (AvgIpc) is 2.52. The number of ether oxygens (including phenoxy) is 1. The molecular weight excluding hydrogens is 258 g/mol. The second kappa shape index (κ2) is 7.28. The van der Waals surface area contributed by atoms with E-state index in [0.717, 1.165) is 18.6 Å². The molecule has 0 saturated heterocycles. The van der Waals surface area contributed by atoms with E-state index in [-0.39, 0.29) is 0 Å². The van der Waals surface area contributed by atoms with Gasteiger partial charge in [-0.15, -0.1) is 0 Å². The van der Waals surface area contributed by atoms with Crippen LogP contribution in [0.5, 0.6) is 5.75 Å². The van der Waals surface area contributed by atoms with Crippen LogP contribution in [0, 0.1) is 6.92 Å². The van der Waals surface area contributed by atoms with Gasteiger partial charge < -0.3 is 10.1 Å². The Hall–Kier alpha value is -1.80. The van der Waals surface area contributed by atoms with Crippen molar-refractivity contribution in [2.24, 2.45) is 0 Å². The molecule has 0 aliphatic carbocycles. The van der Waals surface area contributed by atoms with Gasteiger partial charge in [-0.1, -0.05) is 35.9 Å². The van der Waals surface area contributed by atoms with E-state index in [2.05, 4.69) is 55.6 Å². The molecule has 21 heavy (non-hydrogen) atoms. The molecule has 1 unspecified atom stereocenters. The molecule has 0 bridgehead atoms. The molecule has 0 aliphatic heterocycles. The Bertz CT molecular complexity index is 592. The number of nitrogens with one attached hydrogen (secondary N) is 1. The zero-order valence-electron chi connectivity index (χ0n) is 13.4. The first-order valence-corrected chi connectivity index (χ1v) is 7.55. The monoisotopic (exact) mass is 283 g/mol. The molecule has 0 amide bonds. The number of rotatable bonds is 6. The zero-order chi connectivity index (χ0) is 15.2. The van der Waals surface area contributed by atoms with Crippen molar-refractivity contribution in [1.82, 2.24) is 5.32 Å². The fourth-order valence-corrected chi connectivity index (χ4v) is 2.47. The van der Waals surface area contributed by atoms with Gasteiger partial charge >= 0.3 is 0 Å². The van der Waals surface area contributed by atoms with Crippen molar-refractivity contribution in [1.29, 1.82) is 0 Å². The average molecular weight is 283 g/mol. The third-order valence-corrected chi connectivity index (χ3v) is 3.95. The maximum Gasteiger partial charge on any atom is 0.126 e. The third kappa shape index (κ3) is 4.08. The van der Waals surface area contributed by atoms with Crippen molar-refractivity contribution < 1.29 is 4.74 Å². The highest BCUT2D eigenvalue weighted by atomic mass is 16.5. The van der Waals surface area contributed by atoms with Gasteiger partial charge in [0.2, 0.25) is 0 Å². The second-order valence-corrected chi connectivity index (χ2v) is 5.63. The van der Waals surface area contributed by atoms with Crippen LogP contribution in [-0.2, 0) is 6.42 Å². The summed E-state index contributed by atoms with van der Waals surface area (Å²) >= 11 is 0. The van der Waals surface area contributed by atoms with Crippen LogP contribution < -0.4 is 10.1 Å². The van der Waals surface area contributed by atoms with Crippen molar-refractivity contribution >= 4 is 0 Å².